The van der Waals surface area contributed by atoms with Crippen molar-refractivity contribution in [2.75, 3.05) is 12.3 Å². The third-order valence-corrected chi connectivity index (χ3v) is 2.27. The number of nitrogen functional groups attached to an aromatic ring is 1. The van der Waals surface area contributed by atoms with Crippen LogP contribution in [0.3, 0.4) is 0 Å². The molecular weight excluding hydrogens is 200 g/mol. The van der Waals surface area contributed by atoms with Crippen molar-refractivity contribution in [3.63, 3.8) is 0 Å². The number of nitrogens with two attached hydrogens (primary N) is 1. The maximum Gasteiger partial charge on any atom is 0.246 e. The number of amides is 1. The van der Waals surface area contributed by atoms with Gasteiger partial charge in [-0.2, -0.15) is 0 Å². The van der Waals surface area contributed by atoms with Crippen LogP contribution in [-0.4, -0.2) is 12.5 Å². The molecule has 1 rings (SSSR count). The fourth-order valence-electron chi connectivity index (χ4n) is 1.39. The molecule has 0 atom stereocenters. The van der Waals surface area contributed by atoms with Crippen LogP contribution in [-0.2, 0) is 11.2 Å². The van der Waals surface area contributed by atoms with Gasteiger partial charge in [-0.3, -0.25) is 4.79 Å². The average Bonchev–Trinajstić information content (AvgIpc) is 2.24. The van der Waals surface area contributed by atoms with Crippen molar-refractivity contribution in [1.82, 2.24) is 5.32 Å². The fraction of sp³-hybridized carbons (Fsp3) is 0.308. The highest BCUT2D eigenvalue weighted by Gasteiger charge is 2.00. The summed E-state index contributed by atoms with van der Waals surface area (Å²) in [5, 5.41) is 2.80. The average molecular weight is 218 g/mol. The summed E-state index contributed by atoms with van der Waals surface area (Å²) in [6.45, 7) is 5.94. The highest BCUT2D eigenvalue weighted by atomic mass is 16.1. The molecule has 0 aromatic heterocycles. The number of benzene rings is 1. The first-order valence-corrected chi connectivity index (χ1v) is 5.37. The number of rotatable bonds is 5. The van der Waals surface area contributed by atoms with Crippen LogP contribution < -0.4 is 11.1 Å². The predicted octanol–water partition coefficient (Wildman–Crippen LogP) is 1.89. The Morgan fingerprint density at radius 2 is 2.25 bits per heavy atom. The fourth-order valence-corrected chi connectivity index (χ4v) is 1.39. The molecule has 0 radical (unpaired) electrons. The molecule has 0 aliphatic heterocycles. The molecule has 0 bridgehead atoms. The number of carbonyl (C=O) groups is 1. The lowest BCUT2D eigenvalue weighted by atomic mass is 10.1. The first kappa shape index (κ1) is 12.3. The van der Waals surface area contributed by atoms with Gasteiger partial charge in [-0.15, -0.1) is 0 Å². The highest BCUT2D eigenvalue weighted by Crippen LogP contribution is 2.08. The number of hydrogen-bond donors (Lipinski definition) is 2. The lowest BCUT2D eigenvalue weighted by Crippen LogP contribution is -2.24. The Balaban J connectivity index is 2.26. The van der Waals surface area contributed by atoms with Crippen LogP contribution >= 0.6 is 0 Å². The molecule has 0 spiro atoms. The van der Waals surface area contributed by atoms with Crippen LogP contribution in [0, 0.1) is 0 Å². The molecule has 0 aliphatic rings. The molecule has 3 N–H and O–H groups in total. The summed E-state index contributed by atoms with van der Waals surface area (Å²) in [6, 6.07) is 7.81. The van der Waals surface area contributed by atoms with Crippen LogP contribution in [0.4, 0.5) is 5.69 Å². The van der Waals surface area contributed by atoms with Gasteiger partial charge in [0.15, 0.2) is 0 Å². The molecule has 0 saturated heterocycles. The predicted molar refractivity (Wildman–Crippen MR) is 67.0 cm³/mol. The van der Waals surface area contributed by atoms with E-state index >= 15 is 0 Å². The summed E-state index contributed by atoms with van der Waals surface area (Å²) in [5.74, 6) is -0.0763. The van der Waals surface area contributed by atoms with Crippen molar-refractivity contribution in [2.45, 2.75) is 19.8 Å². The maximum absolute atomic E-state index is 11.2. The van der Waals surface area contributed by atoms with Crippen molar-refractivity contribution >= 4 is 11.6 Å². The molecule has 1 amide bonds. The van der Waals surface area contributed by atoms with E-state index in [1.54, 1.807) is 6.92 Å². The van der Waals surface area contributed by atoms with E-state index in [9.17, 15) is 4.79 Å². The van der Waals surface area contributed by atoms with E-state index in [1.165, 1.54) is 5.56 Å². The molecule has 3 nitrogen and oxygen atoms in total. The molecule has 3 heteroatoms. The zero-order valence-corrected chi connectivity index (χ0v) is 9.62. The molecule has 0 unspecified atom stereocenters. The number of carbonyl (C=O) groups excluding carboxylic acids is 1. The minimum Gasteiger partial charge on any atom is -0.399 e. The second-order valence-electron chi connectivity index (χ2n) is 3.88. The Morgan fingerprint density at radius 1 is 1.50 bits per heavy atom. The number of nitrogens with one attached hydrogen (secondary N) is 1. The molecule has 0 fully saturated rings. The second-order valence-corrected chi connectivity index (χ2v) is 3.88. The summed E-state index contributed by atoms with van der Waals surface area (Å²) in [6.07, 6.45) is 1.82. The quantitative estimate of drug-likeness (QED) is 0.450. The summed E-state index contributed by atoms with van der Waals surface area (Å²) in [4.78, 5) is 11.2. The van der Waals surface area contributed by atoms with E-state index in [4.69, 9.17) is 5.73 Å². The van der Waals surface area contributed by atoms with Gasteiger partial charge in [-0.25, -0.2) is 0 Å². The van der Waals surface area contributed by atoms with Crippen molar-refractivity contribution < 1.29 is 4.79 Å². The van der Waals surface area contributed by atoms with E-state index in [0.29, 0.717) is 12.1 Å². The van der Waals surface area contributed by atoms with Crippen molar-refractivity contribution in [3.8, 4) is 0 Å². The minimum atomic E-state index is -0.0763. The zero-order valence-electron chi connectivity index (χ0n) is 9.62. The van der Waals surface area contributed by atoms with Gasteiger partial charge in [0.25, 0.3) is 0 Å². The minimum absolute atomic E-state index is 0.0763. The van der Waals surface area contributed by atoms with E-state index < -0.39 is 0 Å². The van der Waals surface area contributed by atoms with Crippen LogP contribution in [0.15, 0.2) is 36.4 Å². The Labute approximate surface area is 96.3 Å². The topological polar surface area (TPSA) is 55.1 Å². The zero-order chi connectivity index (χ0) is 12.0. The Morgan fingerprint density at radius 3 is 2.88 bits per heavy atom. The molecular formula is C13H18N2O. The summed E-state index contributed by atoms with van der Waals surface area (Å²) < 4.78 is 0. The highest BCUT2D eigenvalue weighted by molar-refractivity contribution is 5.91. The van der Waals surface area contributed by atoms with Crippen LogP contribution in [0.5, 0.6) is 0 Å². The monoisotopic (exact) mass is 218 g/mol. The van der Waals surface area contributed by atoms with Gasteiger partial charge < -0.3 is 11.1 Å². The van der Waals surface area contributed by atoms with Gasteiger partial charge in [0.05, 0.1) is 0 Å². The standard InChI is InChI=1S/C13H18N2O/c1-10(2)13(16)15-8-4-6-11-5-3-7-12(14)9-11/h3,5,7,9H,1,4,6,8,14H2,2H3,(H,15,16). The third-order valence-electron chi connectivity index (χ3n) is 2.27. The molecule has 0 aliphatic carbocycles. The Bertz CT molecular complexity index is 385. The summed E-state index contributed by atoms with van der Waals surface area (Å²) in [7, 11) is 0. The number of anilines is 1. The lowest BCUT2D eigenvalue weighted by molar-refractivity contribution is -0.117. The van der Waals surface area contributed by atoms with Crippen molar-refractivity contribution in [3.05, 3.63) is 42.0 Å². The van der Waals surface area contributed by atoms with Gasteiger partial charge in [0.2, 0.25) is 5.91 Å². The first-order chi connectivity index (χ1) is 7.59. The number of hydrogen-bond acceptors (Lipinski definition) is 2. The molecule has 1 aromatic rings. The van der Waals surface area contributed by atoms with Crippen molar-refractivity contribution in [1.29, 1.82) is 0 Å². The Kier molecular flexibility index (Phi) is 4.58. The second kappa shape index (κ2) is 5.95. The summed E-state index contributed by atoms with van der Waals surface area (Å²) >= 11 is 0. The molecule has 1 aromatic carbocycles. The van der Waals surface area contributed by atoms with Crippen LogP contribution in [0.1, 0.15) is 18.9 Å². The molecule has 16 heavy (non-hydrogen) atoms. The van der Waals surface area contributed by atoms with Crippen molar-refractivity contribution in [2.24, 2.45) is 0 Å². The Hall–Kier alpha value is -1.77. The summed E-state index contributed by atoms with van der Waals surface area (Å²) in [5.41, 5.74) is 8.19. The van der Waals surface area contributed by atoms with E-state index in [1.807, 2.05) is 24.3 Å². The van der Waals surface area contributed by atoms with E-state index in [0.717, 1.165) is 18.5 Å². The van der Waals surface area contributed by atoms with Gasteiger partial charge in [-0.05, 0) is 37.5 Å². The normalized spacial score (nSPS) is 9.81. The van der Waals surface area contributed by atoms with Crippen LogP contribution in [0.2, 0.25) is 0 Å². The molecule has 0 heterocycles. The van der Waals surface area contributed by atoms with Gasteiger partial charge in [-0.1, -0.05) is 18.7 Å². The molecule has 86 valence electrons. The lowest BCUT2D eigenvalue weighted by Gasteiger charge is -2.05. The van der Waals surface area contributed by atoms with Gasteiger partial charge >= 0.3 is 0 Å². The third kappa shape index (κ3) is 4.17. The maximum atomic E-state index is 11.2. The number of aryl methyl sites for hydroxylation is 1. The van der Waals surface area contributed by atoms with Gasteiger partial charge in [0.1, 0.15) is 0 Å². The van der Waals surface area contributed by atoms with Crippen LogP contribution in [0.25, 0.3) is 0 Å². The first-order valence-electron chi connectivity index (χ1n) is 5.37. The van der Waals surface area contributed by atoms with E-state index in [-0.39, 0.29) is 5.91 Å². The largest absolute Gasteiger partial charge is 0.399 e. The SMILES string of the molecule is C=C(C)C(=O)NCCCc1cccc(N)c1. The van der Waals surface area contributed by atoms with E-state index in [2.05, 4.69) is 11.9 Å². The van der Waals surface area contributed by atoms with Gasteiger partial charge in [0, 0.05) is 17.8 Å². The smallest absolute Gasteiger partial charge is 0.246 e. The molecule has 0 saturated carbocycles.